The van der Waals surface area contributed by atoms with E-state index in [2.05, 4.69) is 5.32 Å². The SMILES string of the molecule is CN[C@H](C(=O)O)[C@@H](C)OC(=O)C=Cc1ccccc1. The smallest absolute Gasteiger partial charge is 0.331 e. The fourth-order valence-corrected chi connectivity index (χ4v) is 1.58. The topological polar surface area (TPSA) is 75.6 Å². The lowest BCUT2D eigenvalue weighted by Gasteiger charge is -2.18. The summed E-state index contributed by atoms with van der Waals surface area (Å²) in [6.45, 7) is 1.53. The summed E-state index contributed by atoms with van der Waals surface area (Å²) in [5, 5.41) is 11.5. The molecule has 0 radical (unpaired) electrons. The van der Waals surface area contributed by atoms with E-state index in [1.165, 1.54) is 20.0 Å². The fourth-order valence-electron chi connectivity index (χ4n) is 1.58. The van der Waals surface area contributed by atoms with Crippen LogP contribution < -0.4 is 5.32 Å². The molecular formula is C14H17NO4. The molecule has 5 heteroatoms. The molecule has 0 amide bonds. The van der Waals surface area contributed by atoms with Gasteiger partial charge < -0.3 is 15.2 Å². The molecule has 5 nitrogen and oxygen atoms in total. The van der Waals surface area contributed by atoms with Crippen LogP contribution >= 0.6 is 0 Å². The first-order valence-electron chi connectivity index (χ1n) is 5.88. The zero-order valence-electron chi connectivity index (χ0n) is 10.9. The van der Waals surface area contributed by atoms with E-state index in [9.17, 15) is 9.59 Å². The van der Waals surface area contributed by atoms with Crippen LogP contribution in [0.5, 0.6) is 0 Å². The molecule has 1 rings (SSSR count). The van der Waals surface area contributed by atoms with E-state index in [-0.39, 0.29) is 0 Å². The first kappa shape index (κ1) is 14.9. The van der Waals surface area contributed by atoms with Crippen molar-refractivity contribution in [3.8, 4) is 0 Å². The summed E-state index contributed by atoms with van der Waals surface area (Å²) in [5.41, 5.74) is 0.871. The molecule has 1 aromatic rings. The van der Waals surface area contributed by atoms with Gasteiger partial charge in [0.2, 0.25) is 0 Å². The summed E-state index contributed by atoms with van der Waals surface area (Å²) < 4.78 is 5.02. The summed E-state index contributed by atoms with van der Waals surface area (Å²) in [6, 6.07) is 8.36. The Bertz CT molecular complexity index is 456. The molecule has 0 heterocycles. The normalized spacial score (nSPS) is 14.0. The predicted octanol–water partition coefficient (Wildman–Crippen LogP) is 1.30. The van der Waals surface area contributed by atoms with Crippen LogP contribution in [-0.4, -0.2) is 36.2 Å². The van der Waals surface area contributed by atoms with Crippen LogP contribution in [0.25, 0.3) is 6.08 Å². The summed E-state index contributed by atoms with van der Waals surface area (Å²) in [6.07, 6.45) is 2.14. The minimum atomic E-state index is -1.06. The van der Waals surface area contributed by atoms with Crippen LogP contribution in [0.3, 0.4) is 0 Å². The molecule has 0 saturated heterocycles. The van der Waals surface area contributed by atoms with Crippen molar-refractivity contribution in [2.45, 2.75) is 19.1 Å². The minimum Gasteiger partial charge on any atom is -0.480 e. The summed E-state index contributed by atoms with van der Waals surface area (Å²) >= 11 is 0. The fraction of sp³-hybridized carbons (Fsp3) is 0.286. The number of ether oxygens (including phenoxy) is 1. The zero-order chi connectivity index (χ0) is 14.3. The molecule has 0 aliphatic carbocycles. The molecule has 2 N–H and O–H groups in total. The predicted molar refractivity (Wildman–Crippen MR) is 71.5 cm³/mol. The van der Waals surface area contributed by atoms with Gasteiger partial charge in [-0.3, -0.25) is 4.79 Å². The number of carboxylic acids is 1. The quantitative estimate of drug-likeness (QED) is 0.597. The maximum Gasteiger partial charge on any atom is 0.331 e. The standard InChI is InChI=1S/C14H17NO4/c1-10(13(15-2)14(17)18)19-12(16)9-8-11-6-4-3-5-7-11/h3-10,13,15H,1-2H3,(H,17,18)/t10-,13+/m1/s1. The lowest BCUT2D eigenvalue weighted by Crippen LogP contribution is -2.44. The Morgan fingerprint density at radius 2 is 1.95 bits per heavy atom. The second kappa shape index (κ2) is 7.33. The third-order valence-electron chi connectivity index (χ3n) is 2.56. The summed E-state index contributed by atoms with van der Waals surface area (Å²) in [4.78, 5) is 22.4. The van der Waals surface area contributed by atoms with Crippen molar-refractivity contribution in [1.29, 1.82) is 0 Å². The highest BCUT2D eigenvalue weighted by Gasteiger charge is 2.25. The van der Waals surface area contributed by atoms with Crippen molar-refractivity contribution in [1.82, 2.24) is 5.32 Å². The molecule has 0 bridgehead atoms. The van der Waals surface area contributed by atoms with E-state index in [4.69, 9.17) is 9.84 Å². The van der Waals surface area contributed by atoms with Gasteiger partial charge in [0, 0.05) is 6.08 Å². The maximum atomic E-state index is 11.5. The van der Waals surface area contributed by atoms with Gasteiger partial charge in [0.05, 0.1) is 0 Å². The number of benzene rings is 1. The number of carboxylic acid groups (broad SMARTS) is 1. The van der Waals surface area contributed by atoms with Gasteiger partial charge in [-0.15, -0.1) is 0 Å². The molecule has 0 aromatic heterocycles. The Morgan fingerprint density at radius 1 is 1.32 bits per heavy atom. The minimum absolute atomic E-state index is 0.571. The molecule has 1 aromatic carbocycles. The van der Waals surface area contributed by atoms with Gasteiger partial charge >= 0.3 is 11.9 Å². The maximum absolute atomic E-state index is 11.5. The van der Waals surface area contributed by atoms with Crippen molar-refractivity contribution >= 4 is 18.0 Å². The van der Waals surface area contributed by atoms with Crippen LogP contribution in [0, 0.1) is 0 Å². The third-order valence-corrected chi connectivity index (χ3v) is 2.56. The highest BCUT2D eigenvalue weighted by Crippen LogP contribution is 2.04. The van der Waals surface area contributed by atoms with Crippen molar-refractivity contribution in [3.05, 3.63) is 42.0 Å². The van der Waals surface area contributed by atoms with E-state index in [0.717, 1.165) is 5.56 Å². The molecule has 0 aliphatic heterocycles. The van der Waals surface area contributed by atoms with E-state index in [0.29, 0.717) is 0 Å². The number of aliphatic carboxylic acids is 1. The second-order valence-corrected chi connectivity index (χ2v) is 3.99. The van der Waals surface area contributed by atoms with E-state index in [1.54, 1.807) is 6.08 Å². The Labute approximate surface area is 111 Å². The van der Waals surface area contributed by atoms with Gasteiger partial charge in [-0.05, 0) is 25.6 Å². The number of carbonyl (C=O) groups is 2. The molecular weight excluding hydrogens is 246 g/mol. The molecule has 0 unspecified atom stereocenters. The molecule has 0 spiro atoms. The Morgan fingerprint density at radius 3 is 2.47 bits per heavy atom. The number of esters is 1. The van der Waals surface area contributed by atoms with E-state index in [1.807, 2.05) is 30.3 Å². The van der Waals surface area contributed by atoms with Gasteiger partial charge in [0.15, 0.2) is 0 Å². The van der Waals surface area contributed by atoms with Gasteiger partial charge in [-0.1, -0.05) is 30.3 Å². The van der Waals surface area contributed by atoms with Gasteiger partial charge in [-0.2, -0.15) is 0 Å². The van der Waals surface area contributed by atoms with Crippen molar-refractivity contribution in [2.75, 3.05) is 7.05 Å². The molecule has 0 fully saturated rings. The van der Waals surface area contributed by atoms with Gasteiger partial charge in [0.1, 0.15) is 12.1 Å². The number of likely N-dealkylation sites (N-methyl/N-ethyl adjacent to an activating group) is 1. The molecule has 0 aliphatic rings. The van der Waals surface area contributed by atoms with Crippen LogP contribution in [0.1, 0.15) is 12.5 Å². The number of hydrogen-bond acceptors (Lipinski definition) is 4. The molecule has 19 heavy (non-hydrogen) atoms. The molecule has 102 valence electrons. The highest BCUT2D eigenvalue weighted by molar-refractivity contribution is 5.87. The zero-order valence-corrected chi connectivity index (χ0v) is 10.9. The number of nitrogens with one attached hydrogen (secondary N) is 1. The summed E-state index contributed by atoms with van der Waals surface area (Å²) in [5.74, 6) is -1.63. The Balaban J connectivity index is 2.56. The monoisotopic (exact) mass is 263 g/mol. The second-order valence-electron chi connectivity index (χ2n) is 3.99. The first-order chi connectivity index (χ1) is 9.04. The third kappa shape index (κ3) is 4.93. The lowest BCUT2D eigenvalue weighted by atomic mass is 10.2. The molecule has 2 atom stereocenters. The van der Waals surface area contributed by atoms with Crippen LogP contribution in [0.4, 0.5) is 0 Å². The van der Waals surface area contributed by atoms with E-state index < -0.39 is 24.1 Å². The number of hydrogen-bond donors (Lipinski definition) is 2. The van der Waals surface area contributed by atoms with Crippen LogP contribution in [0.15, 0.2) is 36.4 Å². The lowest BCUT2D eigenvalue weighted by molar-refractivity contribution is -0.150. The average Bonchev–Trinajstić information content (AvgIpc) is 2.38. The Hall–Kier alpha value is -2.14. The number of rotatable bonds is 6. The Kier molecular flexibility index (Phi) is 5.75. The summed E-state index contributed by atoms with van der Waals surface area (Å²) in [7, 11) is 1.50. The van der Waals surface area contributed by atoms with Crippen LogP contribution in [0.2, 0.25) is 0 Å². The average molecular weight is 263 g/mol. The van der Waals surface area contributed by atoms with Crippen molar-refractivity contribution in [3.63, 3.8) is 0 Å². The first-order valence-corrected chi connectivity index (χ1v) is 5.88. The van der Waals surface area contributed by atoms with Gasteiger partial charge in [0.25, 0.3) is 0 Å². The largest absolute Gasteiger partial charge is 0.480 e. The number of carbonyl (C=O) groups excluding carboxylic acids is 1. The highest BCUT2D eigenvalue weighted by atomic mass is 16.5. The van der Waals surface area contributed by atoms with E-state index >= 15 is 0 Å². The molecule has 0 saturated carbocycles. The van der Waals surface area contributed by atoms with Crippen molar-refractivity contribution in [2.24, 2.45) is 0 Å². The van der Waals surface area contributed by atoms with Crippen molar-refractivity contribution < 1.29 is 19.4 Å². The van der Waals surface area contributed by atoms with Gasteiger partial charge in [-0.25, -0.2) is 4.79 Å². The van der Waals surface area contributed by atoms with Crippen LogP contribution in [-0.2, 0) is 14.3 Å².